The lowest BCUT2D eigenvalue weighted by Crippen LogP contribution is -2.58. The van der Waals surface area contributed by atoms with Crippen molar-refractivity contribution < 1.29 is 0 Å². The molecule has 0 bridgehead atoms. The molecule has 0 aromatic carbocycles. The van der Waals surface area contributed by atoms with Gasteiger partial charge in [0, 0.05) is 31.2 Å². The molecule has 3 unspecified atom stereocenters. The molecule has 2 N–H and O–H groups in total. The molecule has 20 heavy (non-hydrogen) atoms. The van der Waals surface area contributed by atoms with Gasteiger partial charge in [0.15, 0.2) is 0 Å². The Labute approximate surface area is 124 Å². The second-order valence-electron chi connectivity index (χ2n) is 8.39. The fourth-order valence-electron chi connectivity index (χ4n) is 5.53. The van der Waals surface area contributed by atoms with E-state index in [0.29, 0.717) is 5.41 Å². The van der Waals surface area contributed by atoms with Crippen molar-refractivity contribution in [3.63, 3.8) is 0 Å². The van der Waals surface area contributed by atoms with Crippen LogP contribution in [0.25, 0.3) is 0 Å². The molecule has 0 amide bonds. The molecule has 0 radical (unpaired) electrons. The van der Waals surface area contributed by atoms with Crippen molar-refractivity contribution >= 4 is 0 Å². The maximum absolute atomic E-state index is 6.34. The Morgan fingerprint density at radius 1 is 1.15 bits per heavy atom. The average Bonchev–Trinajstić information content (AvgIpc) is 2.84. The average molecular weight is 279 g/mol. The highest BCUT2D eigenvalue weighted by Crippen LogP contribution is 2.50. The lowest BCUT2D eigenvalue weighted by Gasteiger charge is -2.45. The highest BCUT2D eigenvalue weighted by Gasteiger charge is 2.51. The predicted molar refractivity (Wildman–Crippen MR) is 84.7 cm³/mol. The quantitative estimate of drug-likeness (QED) is 0.842. The second kappa shape index (κ2) is 5.26. The molecule has 116 valence electrons. The SMILES string of the molecule is CC1CC(C)(C)CC1(CN)N1CCCN2CCCC2C1. The third-order valence-corrected chi connectivity index (χ3v) is 6.35. The summed E-state index contributed by atoms with van der Waals surface area (Å²) in [5.74, 6) is 0.732. The third-order valence-electron chi connectivity index (χ3n) is 6.35. The number of nitrogens with zero attached hydrogens (tertiary/aromatic N) is 2. The Hall–Kier alpha value is -0.120. The molecule has 2 saturated heterocycles. The van der Waals surface area contributed by atoms with Gasteiger partial charge in [-0.1, -0.05) is 20.8 Å². The number of nitrogens with two attached hydrogens (primary N) is 1. The maximum Gasteiger partial charge on any atom is 0.0363 e. The van der Waals surface area contributed by atoms with Crippen LogP contribution in [-0.2, 0) is 0 Å². The summed E-state index contributed by atoms with van der Waals surface area (Å²) in [5, 5.41) is 0. The number of rotatable bonds is 2. The first-order valence-electron chi connectivity index (χ1n) is 8.66. The normalized spacial score (nSPS) is 42.6. The Kier molecular flexibility index (Phi) is 3.89. The van der Waals surface area contributed by atoms with Gasteiger partial charge in [-0.3, -0.25) is 9.80 Å². The molecule has 0 aromatic heterocycles. The summed E-state index contributed by atoms with van der Waals surface area (Å²) >= 11 is 0. The van der Waals surface area contributed by atoms with E-state index in [0.717, 1.165) is 18.5 Å². The fraction of sp³-hybridized carbons (Fsp3) is 1.00. The summed E-state index contributed by atoms with van der Waals surface area (Å²) in [6, 6.07) is 0.803. The number of hydrogen-bond donors (Lipinski definition) is 1. The van der Waals surface area contributed by atoms with Gasteiger partial charge in [0.25, 0.3) is 0 Å². The molecule has 1 aliphatic carbocycles. The van der Waals surface area contributed by atoms with E-state index in [1.807, 2.05) is 0 Å². The zero-order valence-electron chi connectivity index (χ0n) is 13.7. The van der Waals surface area contributed by atoms with Crippen molar-refractivity contribution in [2.45, 2.75) is 64.5 Å². The molecule has 0 aromatic rings. The summed E-state index contributed by atoms with van der Waals surface area (Å²) < 4.78 is 0. The van der Waals surface area contributed by atoms with Gasteiger partial charge in [-0.15, -0.1) is 0 Å². The van der Waals surface area contributed by atoms with E-state index < -0.39 is 0 Å². The van der Waals surface area contributed by atoms with Gasteiger partial charge >= 0.3 is 0 Å². The van der Waals surface area contributed by atoms with E-state index in [4.69, 9.17) is 5.73 Å². The van der Waals surface area contributed by atoms with Crippen LogP contribution in [-0.4, -0.2) is 54.1 Å². The van der Waals surface area contributed by atoms with E-state index in [1.165, 1.54) is 58.3 Å². The van der Waals surface area contributed by atoms with Gasteiger partial charge in [-0.05, 0) is 56.5 Å². The van der Waals surface area contributed by atoms with Crippen LogP contribution in [0.2, 0.25) is 0 Å². The fourth-order valence-corrected chi connectivity index (χ4v) is 5.53. The van der Waals surface area contributed by atoms with Gasteiger partial charge in [-0.25, -0.2) is 0 Å². The van der Waals surface area contributed by atoms with E-state index in [9.17, 15) is 0 Å². The van der Waals surface area contributed by atoms with Crippen LogP contribution in [0.3, 0.4) is 0 Å². The summed E-state index contributed by atoms with van der Waals surface area (Å²) in [6.07, 6.45) is 6.73. The second-order valence-corrected chi connectivity index (χ2v) is 8.39. The van der Waals surface area contributed by atoms with Crippen LogP contribution < -0.4 is 5.73 Å². The first-order valence-corrected chi connectivity index (χ1v) is 8.66. The van der Waals surface area contributed by atoms with Gasteiger partial charge < -0.3 is 5.73 Å². The topological polar surface area (TPSA) is 32.5 Å². The molecule has 3 aliphatic rings. The van der Waals surface area contributed by atoms with Crippen LogP contribution >= 0.6 is 0 Å². The molecule has 0 spiro atoms. The van der Waals surface area contributed by atoms with Crippen LogP contribution in [0.5, 0.6) is 0 Å². The smallest absolute Gasteiger partial charge is 0.0363 e. The summed E-state index contributed by atoms with van der Waals surface area (Å²) in [7, 11) is 0. The lowest BCUT2D eigenvalue weighted by molar-refractivity contribution is 0.0522. The van der Waals surface area contributed by atoms with Crippen molar-refractivity contribution in [1.29, 1.82) is 0 Å². The highest BCUT2D eigenvalue weighted by molar-refractivity contribution is 5.07. The summed E-state index contributed by atoms with van der Waals surface area (Å²) in [5.41, 5.74) is 7.07. The van der Waals surface area contributed by atoms with E-state index in [1.54, 1.807) is 0 Å². The van der Waals surface area contributed by atoms with Crippen molar-refractivity contribution in [2.75, 3.05) is 32.7 Å². The van der Waals surface area contributed by atoms with Crippen LogP contribution in [0.1, 0.15) is 52.9 Å². The summed E-state index contributed by atoms with van der Waals surface area (Å²) in [6.45, 7) is 13.3. The third kappa shape index (κ3) is 2.42. The Morgan fingerprint density at radius 3 is 2.55 bits per heavy atom. The van der Waals surface area contributed by atoms with Crippen LogP contribution in [0.15, 0.2) is 0 Å². The minimum absolute atomic E-state index is 0.266. The van der Waals surface area contributed by atoms with Gasteiger partial charge in [0.2, 0.25) is 0 Å². The zero-order valence-corrected chi connectivity index (χ0v) is 13.7. The monoisotopic (exact) mass is 279 g/mol. The standard InChI is InChI=1S/C17H33N3/c1-14-10-16(2,3)12-17(14,13-18)20-9-5-8-19-7-4-6-15(19)11-20/h14-15H,4-13,18H2,1-3H3. The van der Waals surface area contributed by atoms with E-state index >= 15 is 0 Å². The maximum atomic E-state index is 6.34. The zero-order chi connectivity index (χ0) is 14.4. The van der Waals surface area contributed by atoms with Crippen LogP contribution in [0.4, 0.5) is 0 Å². The molecule has 3 fully saturated rings. The predicted octanol–water partition coefficient (Wildman–Crippen LogP) is 2.31. The van der Waals surface area contributed by atoms with Crippen molar-refractivity contribution in [3.8, 4) is 0 Å². The minimum Gasteiger partial charge on any atom is -0.329 e. The molecule has 3 nitrogen and oxygen atoms in total. The highest BCUT2D eigenvalue weighted by atomic mass is 15.3. The molecule has 3 heteroatoms. The Bertz CT molecular complexity index is 354. The molecule has 3 rings (SSSR count). The molecule has 2 aliphatic heterocycles. The first-order chi connectivity index (χ1) is 9.47. The molecule has 2 heterocycles. The largest absolute Gasteiger partial charge is 0.329 e. The lowest BCUT2D eigenvalue weighted by atomic mass is 9.84. The Balaban J connectivity index is 1.81. The number of fused-ring (bicyclic) bond motifs is 1. The Morgan fingerprint density at radius 2 is 1.90 bits per heavy atom. The van der Waals surface area contributed by atoms with Gasteiger partial charge in [-0.2, -0.15) is 0 Å². The van der Waals surface area contributed by atoms with Crippen molar-refractivity contribution in [1.82, 2.24) is 9.80 Å². The molecular formula is C17H33N3. The molecule has 3 atom stereocenters. The van der Waals surface area contributed by atoms with Crippen LogP contribution in [0, 0.1) is 11.3 Å². The number of hydrogen-bond acceptors (Lipinski definition) is 3. The van der Waals surface area contributed by atoms with Crippen molar-refractivity contribution in [2.24, 2.45) is 17.1 Å². The van der Waals surface area contributed by atoms with E-state index in [-0.39, 0.29) is 5.54 Å². The van der Waals surface area contributed by atoms with Crippen molar-refractivity contribution in [3.05, 3.63) is 0 Å². The molecule has 1 saturated carbocycles. The minimum atomic E-state index is 0.266. The van der Waals surface area contributed by atoms with Gasteiger partial charge in [0.1, 0.15) is 0 Å². The van der Waals surface area contributed by atoms with Gasteiger partial charge in [0.05, 0.1) is 0 Å². The summed E-state index contributed by atoms with van der Waals surface area (Å²) in [4.78, 5) is 5.54. The first kappa shape index (κ1) is 14.8. The van der Waals surface area contributed by atoms with E-state index in [2.05, 4.69) is 30.6 Å². The molecular weight excluding hydrogens is 246 g/mol.